The van der Waals surface area contributed by atoms with Gasteiger partial charge in [0.1, 0.15) is 5.92 Å². The molecule has 0 bridgehead atoms. The van der Waals surface area contributed by atoms with Crippen molar-refractivity contribution in [1.29, 1.82) is 0 Å². The number of rotatable bonds is 2. The first-order chi connectivity index (χ1) is 4.76. The summed E-state index contributed by atoms with van der Waals surface area (Å²) >= 11 is 0. The van der Waals surface area contributed by atoms with E-state index in [4.69, 9.17) is 0 Å². The highest BCUT2D eigenvalue weighted by atomic mass is 32.2. The van der Waals surface area contributed by atoms with Crippen LogP contribution in [0.5, 0.6) is 0 Å². The van der Waals surface area contributed by atoms with Gasteiger partial charge in [-0.1, -0.05) is 0 Å². The maximum Gasteiger partial charge on any atom is 0.262 e. The Bertz CT molecular complexity index is 279. The lowest BCUT2D eigenvalue weighted by Crippen LogP contribution is -2.30. The van der Waals surface area contributed by atoms with E-state index in [1.54, 1.807) is 0 Å². The highest BCUT2D eigenvalue weighted by Crippen LogP contribution is 2.03. The molecule has 0 rings (SSSR count). The molecular weight excluding hydrogens is 170 g/mol. The largest absolute Gasteiger partial charge is 0.369 e. The average Bonchev–Trinajstić information content (AvgIpc) is 1.82. The Morgan fingerprint density at radius 2 is 1.64 bits per heavy atom. The minimum absolute atomic E-state index is 0.465. The molecule has 0 aromatic heterocycles. The van der Waals surface area contributed by atoms with Crippen molar-refractivity contribution in [2.75, 3.05) is 6.26 Å². The zero-order valence-corrected chi connectivity index (χ0v) is 6.94. The summed E-state index contributed by atoms with van der Waals surface area (Å²) in [6, 6.07) is 0. The van der Waals surface area contributed by atoms with E-state index in [-0.39, 0.29) is 0 Å². The Kier molecular flexibility index (Phi) is 2.75. The van der Waals surface area contributed by atoms with Gasteiger partial charge in [-0.15, -0.1) is 0 Å². The molecular formula is C5H8NO4S. The molecule has 1 amide bonds. The van der Waals surface area contributed by atoms with Crippen molar-refractivity contribution < 1.29 is 18.0 Å². The van der Waals surface area contributed by atoms with Crippen molar-refractivity contribution in [3.63, 3.8) is 0 Å². The molecule has 63 valence electrons. The fraction of sp³-hybridized carbons (Fsp3) is 0.400. The molecule has 0 atom stereocenters. The van der Waals surface area contributed by atoms with Gasteiger partial charge in [-0.25, -0.2) is 8.42 Å². The monoisotopic (exact) mass is 178 g/mol. The Hall–Kier alpha value is -0.910. The molecule has 0 unspecified atom stereocenters. The smallest absolute Gasteiger partial charge is 0.262 e. The minimum atomic E-state index is -3.82. The van der Waals surface area contributed by atoms with E-state index in [0.29, 0.717) is 0 Å². The quantitative estimate of drug-likeness (QED) is 0.528. The van der Waals surface area contributed by atoms with Crippen molar-refractivity contribution in [2.45, 2.75) is 6.92 Å². The van der Waals surface area contributed by atoms with Gasteiger partial charge in [-0.2, -0.15) is 0 Å². The fourth-order valence-electron chi connectivity index (χ4n) is 0.379. The van der Waals surface area contributed by atoms with Crippen molar-refractivity contribution >= 4 is 20.9 Å². The van der Waals surface area contributed by atoms with Crippen LogP contribution in [0.4, 0.5) is 0 Å². The molecule has 0 aliphatic rings. The zero-order valence-electron chi connectivity index (χ0n) is 6.12. The summed E-state index contributed by atoms with van der Waals surface area (Å²) in [6.07, 6.45) is 0.724. The van der Waals surface area contributed by atoms with Gasteiger partial charge in [0, 0.05) is 6.26 Å². The third kappa shape index (κ3) is 2.67. The predicted molar refractivity (Wildman–Crippen MR) is 38.0 cm³/mol. The SMILES string of the molecule is C[C](C(N)=O)C(=O)S(C)(=O)=O. The number of nitrogens with two attached hydrogens (primary N) is 1. The van der Waals surface area contributed by atoms with Gasteiger partial charge in [-0.05, 0) is 6.92 Å². The Morgan fingerprint density at radius 3 is 1.73 bits per heavy atom. The summed E-state index contributed by atoms with van der Waals surface area (Å²) in [7, 11) is -3.82. The minimum Gasteiger partial charge on any atom is -0.369 e. The van der Waals surface area contributed by atoms with E-state index in [1.165, 1.54) is 0 Å². The first-order valence-corrected chi connectivity index (χ1v) is 4.53. The molecule has 0 aromatic carbocycles. The normalized spacial score (nSPS) is 11.5. The molecule has 0 aliphatic heterocycles. The van der Waals surface area contributed by atoms with E-state index in [1.807, 2.05) is 0 Å². The van der Waals surface area contributed by atoms with Crippen LogP contribution in [0.2, 0.25) is 0 Å². The van der Waals surface area contributed by atoms with Crippen LogP contribution in [-0.4, -0.2) is 25.7 Å². The molecule has 0 aliphatic carbocycles. The molecule has 0 spiro atoms. The second kappa shape index (κ2) is 3.00. The highest BCUT2D eigenvalue weighted by Gasteiger charge is 2.28. The van der Waals surface area contributed by atoms with Crippen molar-refractivity contribution in [1.82, 2.24) is 0 Å². The maximum atomic E-state index is 10.7. The van der Waals surface area contributed by atoms with Gasteiger partial charge < -0.3 is 5.73 Å². The molecule has 0 aromatic rings. The summed E-state index contributed by atoms with van der Waals surface area (Å²) in [4.78, 5) is 21.0. The third-order valence-electron chi connectivity index (χ3n) is 1.01. The van der Waals surface area contributed by atoms with Crippen molar-refractivity contribution in [2.24, 2.45) is 5.73 Å². The Labute approximate surface area is 64.5 Å². The lowest BCUT2D eigenvalue weighted by molar-refractivity contribution is -0.120. The van der Waals surface area contributed by atoms with Crippen LogP contribution in [0.1, 0.15) is 6.92 Å². The molecule has 1 radical (unpaired) electrons. The molecule has 0 heterocycles. The third-order valence-corrected chi connectivity index (χ3v) is 1.99. The summed E-state index contributed by atoms with van der Waals surface area (Å²) in [6.45, 7) is 1.08. The van der Waals surface area contributed by atoms with Crippen LogP contribution in [0.3, 0.4) is 0 Å². The molecule has 0 fully saturated rings. The Morgan fingerprint density at radius 1 is 1.27 bits per heavy atom. The number of carbonyl (C=O) groups is 2. The van der Waals surface area contributed by atoms with E-state index in [0.717, 1.165) is 13.2 Å². The van der Waals surface area contributed by atoms with Gasteiger partial charge >= 0.3 is 0 Å². The number of primary amides is 1. The standard InChI is InChI=1S/C5H8NO4S/c1-3(4(6)7)5(8)11(2,9)10/h1-2H3,(H2,6,7). The molecule has 5 nitrogen and oxygen atoms in total. The van der Waals surface area contributed by atoms with E-state index in [2.05, 4.69) is 5.73 Å². The molecule has 0 saturated carbocycles. The fourth-order valence-corrected chi connectivity index (χ4v) is 1.04. The number of carbonyl (C=O) groups excluding carboxylic acids is 2. The summed E-state index contributed by atoms with van der Waals surface area (Å²) in [5, 5.41) is -1.22. The van der Waals surface area contributed by atoms with Crippen molar-refractivity contribution in [3.8, 4) is 0 Å². The predicted octanol–water partition coefficient (Wildman–Crippen LogP) is -1.36. The number of hydrogen-bond acceptors (Lipinski definition) is 4. The van der Waals surface area contributed by atoms with Crippen LogP contribution in [0.15, 0.2) is 0 Å². The summed E-state index contributed by atoms with van der Waals surface area (Å²) < 4.78 is 21.0. The number of amides is 1. The first kappa shape index (κ1) is 10.1. The van der Waals surface area contributed by atoms with Gasteiger partial charge in [0.05, 0.1) is 0 Å². The van der Waals surface area contributed by atoms with Crippen molar-refractivity contribution in [3.05, 3.63) is 5.92 Å². The van der Waals surface area contributed by atoms with Crippen LogP contribution in [-0.2, 0) is 19.4 Å². The second-order valence-electron chi connectivity index (χ2n) is 2.05. The molecule has 0 saturated heterocycles. The van der Waals surface area contributed by atoms with Gasteiger partial charge in [0.25, 0.3) is 5.12 Å². The van der Waals surface area contributed by atoms with Gasteiger partial charge in [-0.3, -0.25) is 9.59 Å². The summed E-state index contributed by atoms with van der Waals surface area (Å²) in [5.41, 5.74) is 4.67. The van der Waals surface area contributed by atoms with Gasteiger partial charge in [0.15, 0.2) is 0 Å². The maximum absolute atomic E-state index is 10.7. The lowest BCUT2D eigenvalue weighted by Gasteiger charge is -2.00. The summed E-state index contributed by atoms with van der Waals surface area (Å²) in [5.74, 6) is -1.48. The van der Waals surface area contributed by atoms with Gasteiger partial charge in [0.2, 0.25) is 15.7 Å². The van der Waals surface area contributed by atoms with Crippen LogP contribution >= 0.6 is 0 Å². The van der Waals surface area contributed by atoms with Crippen LogP contribution < -0.4 is 5.73 Å². The average molecular weight is 178 g/mol. The Balaban J connectivity index is 4.67. The van der Waals surface area contributed by atoms with E-state index < -0.39 is 26.8 Å². The molecule has 11 heavy (non-hydrogen) atoms. The number of hydrogen-bond donors (Lipinski definition) is 1. The van der Waals surface area contributed by atoms with Crippen LogP contribution in [0.25, 0.3) is 0 Å². The zero-order chi connectivity index (χ0) is 9.23. The van der Waals surface area contributed by atoms with E-state index in [9.17, 15) is 18.0 Å². The number of sulfone groups is 1. The van der Waals surface area contributed by atoms with E-state index >= 15 is 0 Å². The lowest BCUT2D eigenvalue weighted by atomic mass is 10.2. The topological polar surface area (TPSA) is 94.3 Å². The highest BCUT2D eigenvalue weighted by molar-refractivity contribution is 8.06. The van der Waals surface area contributed by atoms with Crippen LogP contribution in [0, 0.1) is 5.92 Å². The first-order valence-electron chi connectivity index (χ1n) is 2.64. The molecule has 6 heteroatoms. The molecule has 2 N–H and O–H groups in total. The second-order valence-corrected chi connectivity index (χ2v) is 3.96.